The Morgan fingerprint density at radius 3 is 2.47 bits per heavy atom. The molecule has 0 amide bonds. The van der Waals surface area contributed by atoms with Crippen LogP contribution in [0.3, 0.4) is 0 Å². The first-order valence-corrected chi connectivity index (χ1v) is 8.17. The molecule has 112 valence electrons. The Hall–Kier alpha value is -0.120. The normalized spacial score (nSPS) is 32.1. The van der Waals surface area contributed by atoms with Crippen molar-refractivity contribution in [3.8, 4) is 0 Å². The van der Waals surface area contributed by atoms with E-state index in [1.54, 1.807) is 0 Å². The molecule has 2 fully saturated rings. The first-order valence-electron chi connectivity index (χ1n) is 8.17. The standard InChI is InChI=1S/C16H32N2O/c1-12(2)16(19)9-13-8-15(11-18(3)10-13)17-14-6-4-5-7-14/h12-17,19H,4-11H2,1-3H3. The van der Waals surface area contributed by atoms with Crippen molar-refractivity contribution in [2.24, 2.45) is 11.8 Å². The number of nitrogens with one attached hydrogen (secondary N) is 1. The van der Waals surface area contributed by atoms with Gasteiger partial charge in [0.05, 0.1) is 6.10 Å². The Labute approximate surface area is 118 Å². The van der Waals surface area contributed by atoms with Gasteiger partial charge in [-0.25, -0.2) is 0 Å². The Bertz CT molecular complexity index is 251. The van der Waals surface area contributed by atoms with Gasteiger partial charge in [-0.2, -0.15) is 0 Å². The molecule has 1 heterocycles. The minimum absolute atomic E-state index is 0.136. The zero-order valence-electron chi connectivity index (χ0n) is 12.9. The number of hydrogen-bond acceptors (Lipinski definition) is 3. The van der Waals surface area contributed by atoms with Gasteiger partial charge in [-0.05, 0) is 44.6 Å². The summed E-state index contributed by atoms with van der Waals surface area (Å²) < 4.78 is 0. The van der Waals surface area contributed by atoms with Gasteiger partial charge in [0.15, 0.2) is 0 Å². The van der Waals surface area contributed by atoms with Crippen LogP contribution < -0.4 is 5.32 Å². The van der Waals surface area contributed by atoms with Gasteiger partial charge in [0.2, 0.25) is 0 Å². The molecule has 0 aromatic carbocycles. The highest BCUT2D eigenvalue weighted by atomic mass is 16.3. The van der Waals surface area contributed by atoms with Gasteiger partial charge < -0.3 is 15.3 Å². The maximum absolute atomic E-state index is 10.1. The van der Waals surface area contributed by atoms with E-state index in [4.69, 9.17) is 0 Å². The van der Waals surface area contributed by atoms with Gasteiger partial charge >= 0.3 is 0 Å². The van der Waals surface area contributed by atoms with Crippen molar-refractivity contribution in [3.63, 3.8) is 0 Å². The number of aliphatic hydroxyl groups excluding tert-OH is 1. The van der Waals surface area contributed by atoms with Gasteiger partial charge in [-0.3, -0.25) is 0 Å². The molecule has 0 radical (unpaired) electrons. The fraction of sp³-hybridized carbons (Fsp3) is 1.00. The minimum Gasteiger partial charge on any atom is -0.393 e. The molecule has 1 aliphatic heterocycles. The fourth-order valence-corrected chi connectivity index (χ4v) is 3.77. The Balaban J connectivity index is 1.81. The molecule has 3 heteroatoms. The molecule has 3 unspecified atom stereocenters. The van der Waals surface area contributed by atoms with Crippen LogP contribution in [0.2, 0.25) is 0 Å². The lowest BCUT2D eigenvalue weighted by molar-refractivity contribution is 0.0672. The first-order chi connectivity index (χ1) is 9.04. The third-order valence-corrected chi connectivity index (χ3v) is 4.89. The molecule has 1 saturated heterocycles. The number of aliphatic hydroxyl groups is 1. The number of nitrogens with zero attached hydrogens (tertiary/aromatic N) is 1. The summed E-state index contributed by atoms with van der Waals surface area (Å²) in [5.41, 5.74) is 0. The fourth-order valence-electron chi connectivity index (χ4n) is 3.77. The zero-order valence-corrected chi connectivity index (χ0v) is 12.9. The SMILES string of the molecule is CC(C)C(O)CC1CC(NC2CCCC2)CN(C)C1. The topological polar surface area (TPSA) is 35.5 Å². The third-order valence-electron chi connectivity index (χ3n) is 4.89. The average molecular weight is 268 g/mol. The van der Waals surface area contributed by atoms with E-state index in [1.165, 1.54) is 38.6 Å². The molecule has 3 atom stereocenters. The predicted molar refractivity (Wildman–Crippen MR) is 80.2 cm³/mol. The zero-order chi connectivity index (χ0) is 13.8. The molecule has 19 heavy (non-hydrogen) atoms. The highest BCUT2D eigenvalue weighted by Gasteiger charge is 2.29. The van der Waals surface area contributed by atoms with Crippen LogP contribution >= 0.6 is 0 Å². The van der Waals surface area contributed by atoms with Gasteiger partial charge in [0.1, 0.15) is 0 Å². The molecule has 0 aromatic rings. The van der Waals surface area contributed by atoms with Gasteiger partial charge in [0, 0.05) is 25.2 Å². The molecular formula is C16H32N2O. The number of likely N-dealkylation sites (tertiary alicyclic amines) is 1. The van der Waals surface area contributed by atoms with Crippen LogP contribution in [-0.2, 0) is 0 Å². The molecule has 0 bridgehead atoms. The van der Waals surface area contributed by atoms with Crippen molar-refractivity contribution in [2.75, 3.05) is 20.1 Å². The Morgan fingerprint density at radius 2 is 1.84 bits per heavy atom. The predicted octanol–water partition coefficient (Wildman–Crippen LogP) is 2.25. The summed E-state index contributed by atoms with van der Waals surface area (Å²) in [7, 11) is 2.22. The van der Waals surface area contributed by atoms with Crippen LogP contribution in [0.5, 0.6) is 0 Å². The van der Waals surface area contributed by atoms with E-state index in [-0.39, 0.29) is 6.10 Å². The van der Waals surface area contributed by atoms with E-state index in [1.807, 2.05) is 0 Å². The first kappa shape index (κ1) is 15.3. The molecule has 1 saturated carbocycles. The second-order valence-corrected chi connectivity index (χ2v) is 7.21. The maximum Gasteiger partial charge on any atom is 0.0566 e. The van der Waals surface area contributed by atoms with Crippen LogP contribution in [-0.4, -0.2) is 48.3 Å². The summed E-state index contributed by atoms with van der Waals surface area (Å²) in [6.45, 7) is 6.55. The summed E-state index contributed by atoms with van der Waals surface area (Å²) in [5, 5.41) is 14.0. The van der Waals surface area contributed by atoms with Crippen LogP contribution in [0, 0.1) is 11.8 Å². The lowest BCUT2D eigenvalue weighted by atomic mass is 9.86. The highest BCUT2D eigenvalue weighted by Crippen LogP contribution is 2.25. The van der Waals surface area contributed by atoms with E-state index < -0.39 is 0 Å². The summed E-state index contributed by atoms with van der Waals surface area (Å²) in [4.78, 5) is 2.44. The number of piperidine rings is 1. The second kappa shape index (κ2) is 7.05. The molecule has 2 N–H and O–H groups in total. The van der Waals surface area contributed by atoms with Crippen molar-refractivity contribution in [1.82, 2.24) is 10.2 Å². The van der Waals surface area contributed by atoms with Gasteiger partial charge in [-0.15, -0.1) is 0 Å². The van der Waals surface area contributed by atoms with E-state index in [0.717, 1.165) is 19.0 Å². The molecule has 0 aromatic heterocycles. The molecule has 1 aliphatic carbocycles. The van der Waals surface area contributed by atoms with Crippen molar-refractivity contribution in [3.05, 3.63) is 0 Å². The maximum atomic E-state index is 10.1. The quantitative estimate of drug-likeness (QED) is 0.803. The largest absolute Gasteiger partial charge is 0.393 e. The van der Waals surface area contributed by atoms with E-state index in [9.17, 15) is 5.11 Å². The Kier molecular flexibility index (Phi) is 5.67. The van der Waals surface area contributed by atoms with Crippen LogP contribution in [0.25, 0.3) is 0 Å². The van der Waals surface area contributed by atoms with Crippen molar-refractivity contribution < 1.29 is 5.11 Å². The van der Waals surface area contributed by atoms with Crippen molar-refractivity contribution >= 4 is 0 Å². The molecule has 3 nitrogen and oxygen atoms in total. The van der Waals surface area contributed by atoms with E-state index in [0.29, 0.717) is 17.9 Å². The van der Waals surface area contributed by atoms with Crippen molar-refractivity contribution in [1.29, 1.82) is 0 Å². The average Bonchev–Trinajstić information content (AvgIpc) is 2.80. The summed E-state index contributed by atoms with van der Waals surface area (Å²) in [5.74, 6) is 1.03. The van der Waals surface area contributed by atoms with Crippen LogP contribution in [0.15, 0.2) is 0 Å². The molecule has 2 rings (SSSR count). The second-order valence-electron chi connectivity index (χ2n) is 7.21. The monoisotopic (exact) mass is 268 g/mol. The third kappa shape index (κ3) is 4.73. The summed E-state index contributed by atoms with van der Waals surface area (Å²) in [6, 6.07) is 1.39. The van der Waals surface area contributed by atoms with Crippen LogP contribution in [0.4, 0.5) is 0 Å². The lowest BCUT2D eigenvalue weighted by Crippen LogP contribution is -2.50. The highest BCUT2D eigenvalue weighted by molar-refractivity contribution is 4.87. The van der Waals surface area contributed by atoms with Gasteiger partial charge in [0.25, 0.3) is 0 Å². The lowest BCUT2D eigenvalue weighted by Gasteiger charge is -2.38. The number of hydrogen-bond donors (Lipinski definition) is 2. The molecule has 2 aliphatic rings. The molecular weight excluding hydrogens is 236 g/mol. The number of likely N-dealkylation sites (N-methyl/N-ethyl adjacent to an activating group) is 1. The minimum atomic E-state index is -0.136. The molecule has 0 spiro atoms. The summed E-state index contributed by atoms with van der Waals surface area (Å²) >= 11 is 0. The van der Waals surface area contributed by atoms with Crippen molar-refractivity contribution in [2.45, 2.75) is 70.6 Å². The van der Waals surface area contributed by atoms with Crippen LogP contribution in [0.1, 0.15) is 52.4 Å². The Morgan fingerprint density at radius 1 is 1.16 bits per heavy atom. The summed E-state index contributed by atoms with van der Waals surface area (Å²) in [6.07, 6.45) is 7.59. The number of rotatable bonds is 5. The van der Waals surface area contributed by atoms with Gasteiger partial charge in [-0.1, -0.05) is 26.7 Å². The van der Waals surface area contributed by atoms with E-state index >= 15 is 0 Å². The van der Waals surface area contributed by atoms with E-state index in [2.05, 4.69) is 31.1 Å². The smallest absolute Gasteiger partial charge is 0.0566 e.